The van der Waals surface area contributed by atoms with Gasteiger partial charge in [-0.15, -0.1) is 0 Å². The molecule has 5 nitrogen and oxygen atoms in total. The summed E-state index contributed by atoms with van der Waals surface area (Å²) >= 11 is 0. The summed E-state index contributed by atoms with van der Waals surface area (Å²) in [6.07, 6.45) is 2.30. The molecule has 1 aromatic carbocycles. The van der Waals surface area contributed by atoms with E-state index in [9.17, 15) is 4.79 Å². The normalized spacial score (nSPS) is 17.6. The van der Waals surface area contributed by atoms with Crippen molar-refractivity contribution in [2.75, 3.05) is 5.32 Å². The van der Waals surface area contributed by atoms with Crippen molar-refractivity contribution in [3.63, 3.8) is 0 Å². The Bertz CT molecular complexity index is 647. The van der Waals surface area contributed by atoms with Gasteiger partial charge in [-0.1, -0.05) is 12.1 Å². The monoisotopic (exact) mass is 270 g/mol. The third-order valence-corrected chi connectivity index (χ3v) is 3.70. The zero-order chi connectivity index (χ0) is 14.1. The molecule has 0 saturated heterocycles. The Morgan fingerprint density at radius 1 is 1.40 bits per heavy atom. The molecule has 20 heavy (non-hydrogen) atoms. The van der Waals surface area contributed by atoms with Crippen LogP contribution in [0.3, 0.4) is 0 Å². The topological polar surface area (TPSA) is 69.8 Å². The van der Waals surface area contributed by atoms with E-state index in [1.54, 1.807) is 6.33 Å². The maximum absolute atomic E-state index is 12.4. The number of H-pyrrole nitrogens is 1. The number of hydrogen-bond acceptors (Lipinski definition) is 3. The number of hydrogen-bond donors (Lipinski definition) is 3. The summed E-state index contributed by atoms with van der Waals surface area (Å²) in [6.45, 7) is 4.67. The molecule has 0 saturated carbocycles. The smallest absolute Gasteiger partial charge is 0.241 e. The van der Waals surface area contributed by atoms with Gasteiger partial charge in [0.25, 0.3) is 0 Å². The van der Waals surface area contributed by atoms with Crippen LogP contribution in [0.4, 0.5) is 5.69 Å². The molecule has 0 bridgehead atoms. The van der Waals surface area contributed by atoms with Crippen LogP contribution in [0.1, 0.15) is 22.5 Å². The molecule has 1 unspecified atom stereocenters. The van der Waals surface area contributed by atoms with Gasteiger partial charge in [0.1, 0.15) is 0 Å². The number of aromatic nitrogens is 2. The van der Waals surface area contributed by atoms with Crippen LogP contribution in [0.5, 0.6) is 0 Å². The lowest BCUT2D eigenvalue weighted by molar-refractivity contribution is -0.118. The van der Waals surface area contributed by atoms with Gasteiger partial charge in [-0.3, -0.25) is 10.1 Å². The average Bonchev–Trinajstić information content (AvgIpc) is 2.90. The molecule has 2 heterocycles. The van der Waals surface area contributed by atoms with Gasteiger partial charge < -0.3 is 10.3 Å². The average molecular weight is 270 g/mol. The molecule has 0 aliphatic carbocycles. The molecule has 1 aliphatic rings. The van der Waals surface area contributed by atoms with Crippen LogP contribution in [0.2, 0.25) is 0 Å². The summed E-state index contributed by atoms with van der Waals surface area (Å²) in [7, 11) is 0. The Labute approximate surface area is 117 Å². The van der Waals surface area contributed by atoms with Gasteiger partial charge in [-0.2, -0.15) is 0 Å². The molecule has 1 aromatic heterocycles. The zero-order valence-corrected chi connectivity index (χ0v) is 11.7. The third-order valence-electron chi connectivity index (χ3n) is 3.70. The lowest BCUT2D eigenvalue weighted by atomic mass is 10.0. The number of benzene rings is 1. The van der Waals surface area contributed by atoms with E-state index in [-0.39, 0.29) is 11.9 Å². The first-order chi connectivity index (χ1) is 9.63. The molecule has 3 N–H and O–H groups in total. The van der Waals surface area contributed by atoms with E-state index in [0.717, 1.165) is 28.2 Å². The SMILES string of the molecule is Cc1ccc(C)c(NC(=O)C2Cc3nc[nH]c3CN2)c1. The number of aryl methyl sites for hydroxylation is 2. The molecule has 104 valence electrons. The summed E-state index contributed by atoms with van der Waals surface area (Å²) in [5, 5.41) is 6.24. The van der Waals surface area contributed by atoms with E-state index >= 15 is 0 Å². The minimum absolute atomic E-state index is 0.00708. The van der Waals surface area contributed by atoms with Gasteiger partial charge >= 0.3 is 0 Å². The summed E-state index contributed by atoms with van der Waals surface area (Å²) in [6, 6.07) is 5.83. The van der Waals surface area contributed by atoms with Crippen LogP contribution < -0.4 is 10.6 Å². The van der Waals surface area contributed by atoms with Crippen LogP contribution in [-0.4, -0.2) is 21.9 Å². The molecule has 5 heteroatoms. The number of imidazole rings is 1. The lowest BCUT2D eigenvalue weighted by Gasteiger charge is -2.22. The second-order valence-corrected chi connectivity index (χ2v) is 5.27. The highest BCUT2D eigenvalue weighted by Gasteiger charge is 2.25. The first-order valence-electron chi connectivity index (χ1n) is 6.76. The molecule has 1 aliphatic heterocycles. The van der Waals surface area contributed by atoms with E-state index in [4.69, 9.17) is 0 Å². The number of anilines is 1. The predicted molar refractivity (Wildman–Crippen MR) is 77.5 cm³/mol. The summed E-state index contributed by atoms with van der Waals surface area (Å²) in [5.74, 6) is -0.00708. The second-order valence-electron chi connectivity index (χ2n) is 5.27. The quantitative estimate of drug-likeness (QED) is 0.777. The van der Waals surface area contributed by atoms with Gasteiger partial charge in [-0.25, -0.2) is 4.98 Å². The minimum Gasteiger partial charge on any atom is -0.347 e. The van der Waals surface area contributed by atoms with Crippen molar-refractivity contribution in [2.24, 2.45) is 0 Å². The largest absolute Gasteiger partial charge is 0.347 e. The standard InChI is InChI=1S/C15H18N4O/c1-9-3-4-10(2)11(5-9)19-15(20)13-6-12-14(7-16-13)18-8-17-12/h3-5,8,13,16H,6-7H2,1-2H3,(H,17,18)(H,19,20). The van der Waals surface area contributed by atoms with Crippen LogP contribution in [0, 0.1) is 13.8 Å². The molecule has 2 aromatic rings. The number of rotatable bonds is 2. The number of amides is 1. The van der Waals surface area contributed by atoms with E-state index in [0.29, 0.717) is 13.0 Å². The van der Waals surface area contributed by atoms with Gasteiger partial charge in [0, 0.05) is 18.7 Å². The van der Waals surface area contributed by atoms with Crippen molar-refractivity contribution < 1.29 is 4.79 Å². The predicted octanol–water partition coefficient (Wildman–Crippen LogP) is 1.68. The molecule has 0 spiro atoms. The maximum Gasteiger partial charge on any atom is 0.241 e. The number of aromatic amines is 1. The van der Waals surface area contributed by atoms with Crippen molar-refractivity contribution in [2.45, 2.75) is 32.9 Å². The van der Waals surface area contributed by atoms with Crippen molar-refractivity contribution in [3.05, 3.63) is 47.0 Å². The number of carbonyl (C=O) groups is 1. The van der Waals surface area contributed by atoms with Gasteiger partial charge in [0.2, 0.25) is 5.91 Å². The Morgan fingerprint density at radius 2 is 2.25 bits per heavy atom. The van der Waals surface area contributed by atoms with Gasteiger partial charge in [0.05, 0.1) is 23.8 Å². The number of fused-ring (bicyclic) bond motifs is 1. The van der Waals surface area contributed by atoms with E-state index < -0.39 is 0 Å². The minimum atomic E-state index is -0.231. The Kier molecular flexibility index (Phi) is 3.28. The molecular weight excluding hydrogens is 252 g/mol. The fraction of sp³-hybridized carbons (Fsp3) is 0.333. The summed E-state index contributed by atoms with van der Waals surface area (Å²) in [4.78, 5) is 19.7. The second kappa shape index (κ2) is 5.09. The Morgan fingerprint density at radius 3 is 3.10 bits per heavy atom. The molecule has 1 atom stereocenters. The van der Waals surface area contributed by atoms with Crippen molar-refractivity contribution in [3.8, 4) is 0 Å². The number of carbonyl (C=O) groups excluding carboxylic acids is 1. The zero-order valence-electron chi connectivity index (χ0n) is 11.7. The van der Waals surface area contributed by atoms with Crippen molar-refractivity contribution >= 4 is 11.6 Å². The molecule has 3 rings (SSSR count). The number of nitrogens with zero attached hydrogens (tertiary/aromatic N) is 1. The van der Waals surface area contributed by atoms with Gasteiger partial charge in [-0.05, 0) is 31.0 Å². The lowest BCUT2D eigenvalue weighted by Crippen LogP contribution is -2.44. The Balaban J connectivity index is 1.73. The molecule has 0 radical (unpaired) electrons. The molecule has 1 amide bonds. The van der Waals surface area contributed by atoms with Crippen molar-refractivity contribution in [1.82, 2.24) is 15.3 Å². The highest BCUT2D eigenvalue weighted by atomic mass is 16.2. The van der Waals surface area contributed by atoms with E-state index in [1.807, 2.05) is 32.0 Å². The highest BCUT2D eigenvalue weighted by Crippen LogP contribution is 2.18. The third kappa shape index (κ3) is 2.44. The maximum atomic E-state index is 12.4. The molecular formula is C15H18N4O. The van der Waals surface area contributed by atoms with Crippen LogP contribution in [0.15, 0.2) is 24.5 Å². The first kappa shape index (κ1) is 12.9. The molecule has 0 fully saturated rings. The van der Waals surface area contributed by atoms with Crippen LogP contribution in [0.25, 0.3) is 0 Å². The fourth-order valence-electron chi connectivity index (χ4n) is 2.44. The first-order valence-corrected chi connectivity index (χ1v) is 6.76. The highest BCUT2D eigenvalue weighted by molar-refractivity contribution is 5.95. The van der Waals surface area contributed by atoms with Crippen LogP contribution in [-0.2, 0) is 17.8 Å². The van der Waals surface area contributed by atoms with Crippen molar-refractivity contribution in [1.29, 1.82) is 0 Å². The summed E-state index contributed by atoms with van der Waals surface area (Å²) in [5.41, 5.74) is 5.13. The summed E-state index contributed by atoms with van der Waals surface area (Å²) < 4.78 is 0. The Hall–Kier alpha value is -2.14. The van der Waals surface area contributed by atoms with E-state index in [1.165, 1.54) is 0 Å². The van der Waals surface area contributed by atoms with Gasteiger partial charge in [0.15, 0.2) is 0 Å². The van der Waals surface area contributed by atoms with Crippen LogP contribution >= 0.6 is 0 Å². The number of nitrogens with one attached hydrogen (secondary N) is 3. The van der Waals surface area contributed by atoms with E-state index in [2.05, 4.69) is 20.6 Å². The fourth-order valence-corrected chi connectivity index (χ4v) is 2.44.